The molecule has 2 heterocycles. The Morgan fingerprint density at radius 3 is 2.45 bits per heavy atom. The van der Waals surface area contributed by atoms with E-state index in [4.69, 9.17) is 11.1 Å². The second-order valence-electron chi connectivity index (χ2n) is 8.64. The third kappa shape index (κ3) is 5.22. The molecule has 2 atom stereocenters. The Bertz CT molecular complexity index is 1040. The third-order valence-corrected chi connectivity index (χ3v) is 6.41. The third-order valence-electron chi connectivity index (χ3n) is 6.41. The fraction of sp³-hybridized carbons (Fsp3) is 0.360. The number of benzene rings is 2. The van der Waals surface area contributed by atoms with Crippen molar-refractivity contribution in [1.29, 1.82) is 5.41 Å². The number of nitrogens with zero attached hydrogens (tertiary/aromatic N) is 2. The Balaban J connectivity index is 1.30. The molecule has 0 bridgehead atoms. The molecule has 2 aliphatic heterocycles. The minimum absolute atomic E-state index is 0.00112. The highest BCUT2D eigenvalue weighted by molar-refractivity contribution is 5.95. The van der Waals surface area contributed by atoms with Crippen molar-refractivity contribution in [3.05, 3.63) is 71.3 Å². The predicted molar refractivity (Wildman–Crippen MR) is 124 cm³/mol. The summed E-state index contributed by atoms with van der Waals surface area (Å²) in [6.45, 7) is 0.848. The molecule has 0 saturated carbocycles. The van der Waals surface area contributed by atoms with Crippen LogP contribution in [0.25, 0.3) is 0 Å². The highest BCUT2D eigenvalue weighted by Gasteiger charge is 2.45. The van der Waals surface area contributed by atoms with Gasteiger partial charge in [0.1, 0.15) is 11.9 Å². The molecule has 0 spiro atoms. The molecular formula is C25H29N5O3. The average Bonchev–Trinajstić information content (AvgIpc) is 3.27. The van der Waals surface area contributed by atoms with Gasteiger partial charge in [-0.3, -0.25) is 19.8 Å². The second-order valence-corrected chi connectivity index (χ2v) is 8.64. The molecule has 3 amide bonds. The molecule has 0 aliphatic carbocycles. The minimum Gasteiger partial charge on any atom is -0.384 e. The molecule has 0 radical (unpaired) electrons. The number of amidine groups is 1. The van der Waals surface area contributed by atoms with Gasteiger partial charge in [0.2, 0.25) is 17.7 Å². The molecule has 8 nitrogen and oxygen atoms in total. The molecule has 2 aliphatic rings. The van der Waals surface area contributed by atoms with E-state index in [1.165, 1.54) is 0 Å². The van der Waals surface area contributed by atoms with Crippen LogP contribution in [-0.2, 0) is 27.3 Å². The van der Waals surface area contributed by atoms with Crippen LogP contribution in [0, 0.1) is 5.41 Å². The lowest BCUT2D eigenvalue weighted by molar-refractivity contribution is -0.151. The first-order valence-corrected chi connectivity index (χ1v) is 11.3. The maximum atomic E-state index is 12.9. The zero-order chi connectivity index (χ0) is 23.4. The van der Waals surface area contributed by atoms with E-state index in [1.54, 1.807) is 21.9 Å². The van der Waals surface area contributed by atoms with Gasteiger partial charge in [0.15, 0.2) is 0 Å². The summed E-state index contributed by atoms with van der Waals surface area (Å²) < 4.78 is 0. The number of hydrogen-bond donors (Lipinski definition) is 3. The zero-order valence-corrected chi connectivity index (χ0v) is 18.5. The van der Waals surface area contributed by atoms with Gasteiger partial charge in [-0.2, -0.15) is 0 Å². The van der Waals surface area contributed by atoms with Crippen LogP contribution >= 0.6 is 0 Å². The summed E-state index contributed by atoms with van der Waals surface area (Å²) in [4.78, 5) is 41.7. The number of nitrogens with one attached hydrogen (secondary N) is 2. The highest BCUT2D eigenvalue weighted by Crippen LogP contribution is 2.29. The van der Waals surface area contributed by atoms with E-state index in [2.05, 4.69) is 5.32 Å². The fourth-order valence-corrected chi connectivity index (χ4v) is 4.61. The second kappa shape index (κ2) is 9.85. The number of aryl methyl sites for hydroxylation is 1. The molecule has 172 valence electrons. The van der Waals surface area contributed by atoms with Crippen molar-refractivity contribution in [2.24, 2.45) is 5.73 Å². The van der Waals surface area contributed by atoms with E-state index < -0.39 is 6.04 Å². The average molecular weight is 448 g/mol. The van der Waals surface area contributed by atoms with Gasteiger partial charge in [-0.1, -0.05) is 54.6 Å². The summed E-state index contributed by atoms with van der Waals surface area (Å²) in [5.74, 6) is -0.360. The molecule has 2 aromatic rings. The number of nitrogen functional groups attached to an aromatic ring is 1. The predicted octanol–water partition coefficient (Wildman–Crippen LogP) is 1.42. The van der Waals surface area contributed by atoms with Crippen molar-refractivity contribution in [2.75, 3.05) is 13.1 Å². The summed E-state index contributed by atoms with van der Waals surface area (Å²) in [7, 11) is 0. The van der Waals surface area contributed by atoms with Gasteiger partial charge < -0.3 is 20.9 Å². The van der Waals surface area contributed by atoms with E-state index in [9.17, 15) is 14.4 Å². The number of piperazine rings is 1. The van der Waals surface area contributed by atoms with Crippen molar-refractivity contribution in [3.63, 3.8) is 0 Å². The van der Waals surface area contributed by atoms with Crippen LogP contribution < -0.4 is 11.1 Å². The van der Waals surface area contributed by atoms with Crippen LogP contribution in [0.1, 0.15) is 36.0 Å². The summed E-state index contributed by atoms with van der Waals surface area (Å²) >= 11 is 0. The zero-order valence-electron chi connectivity index (χ0n) is 18.5. The van der Waals surface area contributed by atoms with Gasteiger partial charge in [-0.05, 0) is 30.4 Å². The lowest BCUT2D eigenvalue weighted by Gasteiger charge is -2.39. The molecular weight excluding hydrogens is 418 g/mol. The Morgan fingerprint density at radius 1 is 1.03 bits per heavy atom. The molecule has 33 heavy (non-hydrogen) atoms. The van der Waals surface area contributed by atoms with Crippen LogP contribution in [0.5, 0.6) is 0 Å². The maximum absolute atomic E-state index is 12.9. The van der Waals surface area contributed by atoms with Crippen molar-refractivity contribution >= 4 is 23.6 Å². The Morgan fingerprint density at radius 2 is 1.76 bits per heavy atom. The van der Waals surface area contributed by atoms with Crippen molar-refractivity contribution in [3.8, 4) is 0 Å². The molecule has 4 rings (SSSR count). The molecule has 2 aromatic carbocycles. The van der Waals surface area contributed by atoms with E-state index in [0.717, 1.165) is 11.1 Å². The van der Waals surface area contributed by atoms with Crippen LogP contribution in [0.4, 0.5) is 0 Å². The van der Waals surface area contributed by atoms with Crippen molar-refractivity contribution in [2.45, 2.75) is 44.3 Å². The Kier molecular flexibility index (Phi) is 6.72. The van der Waals surface area contributed by atoms with Gasteiger partial charge >= 0.3 is 0 Å². The highest BCUT2D eigenvalue weighted by atomic mass is 16.2. The fourth-order valence-electron chi connectivity index (χ4n) is 4.61. The molecule has 2 saturated heterocycles. The standard InChI is InChI=1S/C25H29N5O3/c26-24(27)19-9-6-18(7-10-19)14-28-25(33)21-12-11-20-15-29(16-23(32)30(20)21)22(31)13-8-17-4-2-1-3-5-17/h1-7,9-10,20-21H,8,11-16H2,(H3,26,27)(H,28,33)/t20-,21?/m0/s1. The number of hydrogen-bond acceptors (Lipinski definition) is 4. The number of fused-ring (bicyclic) bond motifs is 1. The van der Waals surface area contributed by atoms with Gasteiger partial charge in [-0.25, -0.2) is 0 Å². The van der Waals surface area contributed by atoms with Gasteiger partial charge in [0, 0.05) is 25.1 Å². The van der Waals surface area contributed by atoms with Gasteiger partial charge in [-0.15, -0.1) is 0 Å². The summed E-state index contributed by atoms with van der Waals surface area (Å²) in [5, 5.41) is 10.4. The molecule has 4 N–H and O–H groups in total. The lowest BCUT2D eigenvalue weighted by atomic mass is 10.1. The first kappa shape index (κ1) is 22.5. The van der Waals surface area contributed by atoms with E-state index >= 15 is 0 Å². The Hall–Kier alpha value is -3.68. The van der Waals surface area contributed by atoms with Crippen LogP contribution in [0.2, 0.25) is 0 Å². The number of carbonyl (C=O) groups excluding carboxylic acids is 3. The van der Waals surface area contributed by atoms with Crippen molar-refractivity contribution < 1.29 is 14.4 Å². The minimum atomic E-state index is -0.499. The summed E-state index contributed by atoms with van der Waals surface area (Å²) in [6, 6.07) is 16.3. The normalized spacial score (nSPS) is 19.8. The van der Waals surface area contributed by atoms with Gasteiger partial charge in [0.05, 0.1) is 12.6 Å². The van der Waals surface area contributed by atoms with Crippen molar-refractivity contribution in [1.82, 2.24) is 15.1 Å². The first-order valence-electron chi connectivity index (χ1n) is 11.3. The number of rotatable bonds is 7. The van der Waals surface area contributed by atoms with Crippen LogP contribution in [0.3, 0.4) is 0 Å². The summed E-state index contributed by atoms with van der Waals surface area (Å²) in [6.07, 6.45) is 2.32. The SMILES string of the molecule is N=C(N)c1ccc(CNC(=O)C2CC[C@H]3CN(C(=O)CCc4ccccc4)CC(=O)N23)cc1. The van der Waals surface area contributed by atoms with E-state index in [-0.39, 0.29) is 36.1 Å². The monoisotopic (exact) mass is 447 g/mol. The molecule has 0 aromatic heterocycles. The van der Waals surface area contributed by atoms with Crippen LogP contribution in [0.15, 0.2) is 54.6 Å². The Labute approximate surface area is 193 Å². The number of carbonyl (C=O) groups is 3. The molecule has 8 heteroatoms. The quantitative estimate of drug-likeness (QED) is 0.439. The van der Waals surface area contributed by atoms with E-state index in [0.29, 0.717) is 44.3 Å². The number of amides is 3. The largest absolute Gasteiger partial charge is 0.384 e. The molecule has 2 fully saturated rings. The topological polar surface area (TPSA) is 120 Å². The smallest absolute Gasteiger partial charge is 0.243 e. The van der Waals surface area contributed by atoms with Gasteiger partial charge in [0.25, 0.3) is 0 Å². The maximum Gasteiger partial charge on any atom is 0.243 e. The number of nitrogens with two attached hydrogens (primary N) is 1. The van der Waals surface area contributed by atoms with E-state index in [1.807, 2.05) is 42.5 Å². The summed E-state index contributed by atoms with van der Waals surface area (Å²) in [5.41, 5.74) is 8.09. The van der Waals surface area contributed by atoms with Crippen LogP contribution in [-0.4, -0.2) is 58.5 Å². The molecule has 1 unspecified atom stereocenters. The lowest BCUT2D eigenvalue weighted by Crippen LogP contribution is -2.59. The first-order chi connectivity index (χ1) is 15.9.